The van der Waals surface area contributed by atoms with E-state index >= 15 is 0 Å². The lowest BCUT2D eigenvalue weighted by atomic mass is 10.1. The van der Waals surface area contributed by atoms with Gasteiger partial charge in [-0.25, -0.2) is 4.52 Å². The molecule has 0 unspecified atom stereocenters. The third kappa shape index (κ3) is 3.53. The van der Waals surface area contributed by atoms with Gasteiger partial charge < -0.3 is 14.4 Å². The lowest BCUT2D eigenvalue weighted by Crippen LogP contribution is -2.43. The number of methoxy groups -OCH3 is 1. The van der Waals surface area contributed by atoms with Crippen molar-refractivity contribution in [1.29, 1.82) is 0 Å². The third-order valence-electron chi connectivity index (χ3n) is 5.56. The van der Waals surface area contributed by atoms with Crippen LogP contribution in [0.15, 0.2) is 54.9 Å². The molecule has 0 saturated carbocycles. The van der Waals surface area contributed by atoms with Crippen molar-refractivity contribution in [3.05, 3.63) is 66.2 Å². The Labute approximate surface area is 178 Å². The highest BCUT2D eigenvalue weighted by Gasteiger charge is 2.30. The van der Waals surface area contributed by atoms with Crippen LogP contribution in [0.4, 0.5) is 0 Å². The van der Waals surface area contributed by atoms with Crippen LogP contribution in [-0.2, 0) is 11.8 Å². The maximum absolute atomic E-state index is 12.9. The number of hydrogen-bond acceptors (Lipinski definition) is 6. The summed E-state index contributed by atoms with van der Waals surface area (Å²) in [6.45, 7) is 1.39. The Hall–Kier alpha value is -3.72. The predicted molar refractivity (Wildman–Crippen MR) is 113 cm³/mol. The summed E-state index contributed by atoms with van der Waals surface area (Å²) in [7, 11) is 3.41. The van der Waals surface area contributed by atoms with Gasteiger partial charge in [-0.3, -0.25) is 9.48 Å². The molecule has 31 heavy (non-hydrogen) atoms. The molecule has 4 aromatic rings. The minimum Gasteiger partial charge on any atom is -0.497 e. The van der Waals surface area contributed by atoms with E-state index in [2.05, 4.69) is 15.4 Å². The topological polar surface area (TPSA) is 86.8 Å². The summed E-state index contributed by atoms with van der Waals surface area (Å²) in [6.07, 6.45) is 3.23. The normalized spacial score (nSPS) is 16.6. The predicted octanol–water partition coefficient (Wildman–Crippen LogP) is 2.35. The second-order valence-corrected chi connectivity index (χ2v) is 7.40. The number of carbonyl (C=O) groups is 1. The SMILES string of the molecule is COc1ccc(-c2ccc3c([C@H]4CN(C(=O)c5ccnn5C)CCO4)nnn3c2)cc1. The van der Waals surface area contributed by atoms with Crippen LogP contribution >= 0.6 is 0 Å². The average Bonchev–Trinajstić information content (AvgIpc) is 3.44. The molecule has 9 nitrogen and oxygen atoms in total. The Morgan fingerprint density at radius 3 is 2.68 bits per heavy atom. The summed E-state index contributed by atoms with van der Waals surface area (Å²) in [4.78, 5) is 14.6. The van der Waals surface area contributed by atoms with Crippen molar-refractivity contribution in [3.63, 3.8) is 0 Å². The van der Waals surface area contributed by atoms with E-state index in [1.807, 2.05) is 42.6 Å². The fraction of sp³-hybridized carbons (Fsp3) is 0.273. The van der Waals surface area contributed by atoms with Gasteiger partial charge in [0.15, 0.2) is 0 Å². The van der Waals surface area contributed by atoms with Crippen LogP contribution in [0.2, 0.25) is 0 Å². The second kappa shape index (κ2) is 7.84. The average molecular weight is 418 g/mol. The van der Waals surface area contributed by atoms with E-state index in [1.165, 1.54) is 0 Å². The molecular formula is C22H22N6O3. The van der Waals surface area contributed by atoms with Crippen LogP contribution in [0.3, 0.4) is 0 Å². The maximum Gasteiger partial charge on any atom is 0.272 e. The molecule has 1 aliphatic rings. The fourth-order valence-electron chi connectivity index (χ4n) is 3.84. The van der Waals surface area contributed by atoms with Crippen LogP contribution in [0, 0.1) is 0 Å². The number of ether oxygens (including phenoxy) is 2. The molecule has 1 saturated heterocycles. The maximum atomic E-state index is 12.9. The molecule has 9 heteroatoms. The van der Waals surface area contributed by atoms with Crippen molar-refractivity contribution in [2.75, 3.05) is 26.8 Å². The number of fused-ring (bicyclic) bond motifs is 1. The number of carbonyl (C=O) groups excluding carboxylic acids is 1. The van der Waals surface area contributed by atoms with Crippen LogP contribution < -0.4 is 4.74 Å². The summed E-state index contributed by atoms with van der Waals surface area (Å²) >= 11 is 0. The van der Waals surface area contributed by atoms with Crippen molar-refractivity contribution in [2.24, 2.45) is 7.05 Å². The Bertz CT molecular complexity index is 1230. The van der Waals surface area contributed by atoms with Crippen molar-refractivity contribution in [3.8, 4) is 16.9 Å². The molecule has 0 radical (unpaired) electrons. The number of amides is 1. The van der Waals surface area contributed by atoms with Crippen LogP contribution in [0.1, 0.15) is 22.3 Å². The summed E-state index contributed by atoms with van der Waals surface area (Å²) in [5.74, 6) is 0.749. The molecule has 0 spiro atoms. The van der Waals surface area contributed by atoms with E-state index in [1.54, 1.807) is 40.5 Å². The van der Waals surface area contributed by atoms with Gasteiger partial charge in [-0.2, -0.15) is 5.10 Å². The number of morpholine rings is 1. The minimum atomic E-state index is -0.338. The lowest BCUT2D eigenvalue weighted by molar-refractivity contribution is -0.0244. The first kappa shape index (κ1) is 19.3. The zero-order valence-electron chi connectivity index (χ0n) is 17.3. The molecule has 1 fully saturated rings. The molecule has 0 bridgehead atoms. The van der Waals surface area contributed by atoms with Gasteiger partial charge in [-0.05, 0) is 29.8 Å². The van der Waals surface area contributed by atoms with Gasteiger partial charge in [-0.1, -0.05) is 23.4 Å². The van der Waals surface area contributed by atoms with Crippen molar-refractivity contribution in [1.82, 2.24) is 29.5 Å². The van der Waals surface area contributed by atoms with Gasteiger partial charge in [0.05, 0.1) is 25.8 Å². The first-order chi connectivity index (χ1) is 15.1. The van der Waals surface area contributed by atoms with Gasteiger partial charge in [-0.15, -0.1) is 5.10 Å². The first-order valence-corrected chi connectivity index (χ1v) is 10.0. The van der Waals surface area contributed by atoms with E-state index in [0.717, 1.165) is 28.1 Å². The molecule has 158 valence electrons. The van der Waals surface area contributed by atoms with Crippen molar-refractivity contribution >= 4 is 11.4 Å². The third-order valence-corrected chi connectivity index (χ3v) is 5.56. The molecule has 4 heterocycles. The number of aromatic nitrogens is 5. The summed E-state index contributed by atoms with van der Waals surface area (Å²) in [5.41, 5.74) is 4.21. The number of hydrogen-bond donors (Lipinski definition) is 0. The molecule has 1 amide bonds. The van der Waals surface area contributed by atoms with Crippen LogP contribution in [-0.4, -0.2) is 62.2 Å². The summed E-state index contributed by atoms with van der Waals surface area (Å²) in [5, 5.41) is 12.8. The van der Waals surface area contributed by atoms with E-state index in [9.17, 15) is 4.79 Å². The summed E-state index contributed by atoms with van der Waals surface area (Å²) in [6, 6.07) is 13.6. The molecule has 1 aliphatic heterocycles. The van der Waals surface area contributed by atoms with Crippen molar-refractivity contribution in [2.45, 2.75) is 6.10 Å². The highest BCUT2D eigenvalue weighted by atomic mass is 16.5. The standard InChI is InChI=1S/C22H22N6O3/c1-26-19(9-10-23-26)22(29)27-11-12-31-20(14-27)21-18-8-5-16(13-28(18)25-24-21)15-3-6-17(30-2)7-4-15/h3-10,13,20H,11-12,14H2,1-2H3/t20-/m1/s1. The molecule has 1 atom stereocenters. The number of rotatable bonds is 4. The van der Waals surface area contributed by atoms with Crippen molar-refractivity contribution < 1.29 is 14.3 Å². The Kier molecular flexibility index (Phi) is 4.87. The molecule has 5 rings (SSSR count). The van der Waals surface area contributed by atoms with Crippen LogP contribution in [0.5, 0.6) is 5.75 Å². The Morgan fingerprint density at radius 1 is 1.13 bits per heavy atom. The van der Waals surface area contributed by atoms with E-state index < -0.39 is 0 Å². The number of nitrogens with zero attached hydrogens (tertiary/aromatic N) is 6. The number of aryl methyl sites for hydroxylation is 1. The van der Waals surface area contributed by atoms with Gasteiger partial charge in [0.2, 0.25) is 0 Å². The monoisotopic (exact) mass is 418 g/mol. The second-order valence-electron chi connectivity index (χ2n) is 7.40. The largest absolute Gasteiger partial charge is 0.497 e. The Morgan fingerprint density at radius 2 is 1.94 bits per heavy atom. The fourth-order valence-corrected chi connectivity index (χ4v) is 3.84. The smallest absolute Gasteiger partial charge is 0.272 e. The van der Waals surface area contributed by atoms with Crippen LogP contribution in [0.25, 0.3) is 16.6 Å². The van der Waals surface area contributed by atoms with Gasteiger partial charge in [0.25, 0.3) is 5.91 Å². The van der Waals surface area contributed by atoms with Gasteiger partial charge >= 0.3 is 0 Å². The lowest BCUT2D eigenvalue weighted by Gasteiger charge is -2.32. The van der Waals surface area contributed by atoms with E-state index in [-0.39, 0.29) is 12.0 Å². The number of pyridine rings is 1. The zero-order chi connectivity index (χ0) is 21.4. The molecule has 0 aliphatic carbocycles. The van der Waals surface area contributed by atoms with E-state index in [4.69, 9.17) is 9.47 Å². The minimum absolute atomic E-state index is 0.0634. The molecular weight excluding hydrogens is 396 g/mol. The molecule has 0 N–H and O–H groups in total. The molecule has 1 aromatic carbocycles. The molecule has 3 aromatic heterocycles. The van der Waals surface area contributed by atoms with E-state index in [0.29, 0.717) is 25.4 Å². The first-order valence-electron chi connectivity index (χ1n) is 10.0. The quantitative estimate of drug-likeness (QED) is 0.506. The number of benzene rings is 1. The zero-order valence-corrected chi connectivity index (χ0v) is 17.3. The van der Waals surface area contributed by atoms with Gasteiger partial charge in [0, 0.05) is 31.5 Å². The van der Waals surface area contributed by atoms with Gasteiger partial charge in [0.1, 0.15) is 23.2 Å². The summed E-state index contributed by atoms with van der Waals surface area (Å²) < 4.78 is 14.5. The highest BCUT2D eigenvalue weighted by molar-refractivity contribution is 5.92. The highest BCUT2D eigenvalue weighted by Crippen LogP contribution is 2.28. The Balaban J connectivity index is 1.39.